The van der Waals surface area contributed by atoms with E-state index in [9.17, 15) is 9.59 Å². The molecule has 2 N–H and O–H groups in total. The lowest BCUT2D eigenvalue weighted by Crippen LogP contribution is -2.58. The van der Waals surface area contributed by atoms with Crippen LogP contribution in [-0.4, -0.2) is 60.6 Å². The van der Waals surface area contributed by atoms with Crippen molar-refractivity contribution >= 4 is 12.0 Å². The number of hydrogen-bond donors (Lipinski definition) is 1. The Labute approximate surface area is 81.6 Å². The van der Waals surface area contributed by atoms with Crippen molar-refractivity contribution in [2.45, 2.75) is 6.04 Å². The normalized spacial score (nSPS) is 23.5. The fourth-order valence-corrected chi connectivity index (χ4v) is 1.64. The molecule has 0 aliphatic carbocycles. The zero-order valence-corrected chi connectivity index (χ0v) is 7.81. The standard InChI is InChI=1S/C8H13N3O3/c9-6-3-10(4-6)5-7(12)11-1-2-14-8(11)13/h6H,1-5,9H2. The minimum atomic E-state index is -0.528. The summed E-state index contributed by atoms with van der Waals surface area (Å²) in [6, 6.07) is 0.174. The molecule has 0 radical (unpaired) electrons. The van der Waals surface area contributed by atoms with Gasteiger partial charge in [0.25, 0.3) is 0 Å². The molecule has 2 heterocycles. The van der Waals surface area contributed by atoms with Crippen molar-refractivity contribution in [1.29, 1.82) is 0 Å². The van der Waals surface area contributed by atoms with Crippen LogP contribution in [0.3, 0.4) is 0 Å². The number of carbonyl (C=O) groups excluding carboxylic acids is 2. The molecule has 0 unspecified atom stereocenters. The molecule has 14 heavy (non-hydrogen) atoms. The fourth-order valence-electron chi connectivity index (χ4n) is 1.64. The average Bonchev–Trinajstić information content (AvgIpc) is 2.48. The van der Waals surface area contributed by atoms with Gasteiger partial charge in [-0.15, -0.1) is 0 Å². The largest absolute Gasteiger partial charge is 0.447 e. The number of carbonyl (C=O) groups is 2. The van der Waals surface area contributed by atoms with Gasteiger partial charge in [0.2, 0.25) is 5.91 Å². The SMILES string of the molecule is NC1CN(CC(=O)N2CCOC2=O)C1. The Morgan fingerprint density at radius 2 is 2.29 bits per heavy atom. The molecule has 78 valence electrons. The molecule has 2 rings (SSSR count). The fraction of sp³-hybridized carbons (Fsp3) is 0.750. The quantitative estimate of drug-likeness (QED) is 0.592. The van der Waals surface area contributed by atoms with Gasteiger partial charge < -0.3 is 10.5 Å². The number of nitrogens with zero attached hydrogens (tertiary/aromatic N) is 2. The van der Waals surface area contributed by atoms with Crippen LogP contribution in [0.5, 0.6) is 0 Å². The second kappa shape index (κ2) is 3.55. The highest BCUT2D eigenvalue weighted by Crippen LogP contribution is 2.08. The van der Waals surface area contributed by atoms with E-state index in [-0.39, 0.29) is 18.5 Å². The number of cyclic esters (lactones) is 1. The van der Waals surface area contributed by atoms with Crippen LogP contribution in [0, 0.1) is 0 Å². The maximum absolute atomic E-state index is 11.5. The average molecular weight is 199 g/mol. The Balaban J connectivity index is 1.80. The Bertz CT molecular complexity index is 263. The van der Waals surface area contributed by atoms with E-state index in [0.717, 1.165) is 18.0 Å². The summed E-state index contributed by atoms with van der Waals surface area (Å²) in [5.41, 5.74) is 5.57. The lowest BCUT2D eigenvalue weighted by molar-refractivity contribution is -0.130. The monoisotopic (exact) mass is 199 g/mol. The van der Waals surface area contributed by atoms with Crippen molar-refractivity contribution in [2.75, 3.05) is 32.8 Å². The van der Waals surface area contributed by atoms with Gasteiger partial charge in [-0.1, -0.05) is 0 Å². The van der Waals surface area contributed by atoms with Gasteiger partial charge in [-0.3, -0.25) is 9.69 Å². The molecule has 0 aromatic carbocycles. The van der Waals surface area contributed by atoms with Crippen LogP contribution in [0.25, 0.3) is 0 Å². The van der Waals surface area contributed by atoms with Gasteiger partial charge in [0.1, 0.15) is 6.61 Å². The Kier molecular flexibility index (Phi) is 2.39. The lowest BCUT2D eigenvalue weighted by Gasteiger charge is -2.36. The highest BCUT2D eigenvalue weighted by molar-refractivity contribution is 5.94. The van der Waals surface area contributed by atoms with Crippen molar-refractivity contribution in [3.05, 3.63) is 0 Å². The van der Waals surface area contributed by atoms with Crippen LogP contribution in [0.2, 0.25) is 0 Å². The summed E-state index contributed by atoms with van der Waals surface area (Å²) in [6.45, 7) is 2.41. The minimum absolute atomic E-state index is 0.174. The molecule has 2 amide bonds. The number of amides is 2. The molecule has 2 saturated heterocycles. The first-order valence-corrected chi connectivity index (χ1v) is 4.62. The van der Waals surface area contributed by atoms with Crippen LogP contribution < -0.4 is 5.73 Å². The molecule has 0 spiro atoms. The molecule has 0 bridgehead atoms. The molecular formula is C8H13N3O3. The summed E-state index contributed by atoms with van der Waals surface area (Å²) in [4.78, 5) is 25.6. The van der Waals surface area contributed by atoms with Gasteiger partial charge >= 0.3 is 6.09 Å². The molecule has 2 aliphatic rings. The van der Waals surface area contributed by atoms with E-state index >= 15 is 0 Å². The van der Waals surface area contributed by atoms with Crippen LogP contribution in [0.15, 0.2) is 0 Å². The van der Waals surface area contributed by atoms with Gasteiger partial charge in [0.05, 0.1) is 13.1 Å². The van der Waals surface area contributed by atoms with E-state index in [1.54, 1.807) is 0 Å². The number of ether oxygens (including phenoxy) is 1. The number of hydrogen-bond acceptors (Lipinski definition) is 5. The molecule has 6 nitrogen and oxygen atoms in total. The molecule has 2 fully saturated rings. The van der Waals surface area contributed by atoms with Crippen molar-refractivity contribution < 1.29 is 14.3 Å². The van der Waals surface area contributed by atoms with E-state index in [1.807, 2.05) is 4.90 Å². The summed E-state index contributed by atoms with van der Waals surface area (Å²) in [5.74, 6) is -0.195. The topological polar surface area (TPSA) is 75.9 Å². The maximum Gasteiger partial charge on any atom is 0.416 e. The van der Waals surface area contributed by atoms with Gasteiger partial charge in [-0.05, 0) is 0 Å². The van der Waals surface area contributed by atoms with E-state index in [1.165, 1.54) is 0 Å². The maximum atomic E-state index is 11.5. The second-order valence-electron chi connectivity index (χ2n) is 3.61. The van der Waals surface area contributed by atoms with E-state index in [2.05, 4.69) is 4.74 Å². The minimum Gasteiger partial charge on any atom is -0.447 e. The third-order valence-electron chi connectivity index (χ3n) is 2.41. The number of imide groups is 1. The van der Waals surface area contributed by atoms with Crippen LogP contribution in [-0.2, 0) is 9.53 Å². The Hall–Kier alpha value is -1.14. The molecule has 6 heteroatoms. The predicted molar refractivity (Wildman–Crippen MR) is 47.5 cm³/mol. The molecular weight excluding hydrogens is 186 g/mol. The smallest absolute Gasteiger partial charge is 0.416 e. The third-order valence-corrected chi connectivity index (χ3v) is 2.41. The Morgan fingerprint density at radius 1 is 1.57 bits per heavy atom. The van der Waals surface area contributed by atoms with Crippen LogP contribution >= 0.6 is 0 Å². The van der Waals surface area contributed by atoms with E-state index < -0.39 is 6.09 Å². The summed E-state index contributed by atoms with van der Waals surface area (Å²) in [6.07, 6.45) is -0.528. The van der Waals surface area contributed by atoms with Gasteiger partial charge in [-0.2, -0.15) is 0 Å². The highest BCUT2D eigenvalue weighted by atomic mass is 16.6. The van der Waals surface area contributed by atoms with Crippen molar-refractivity contribution in [3.8, 4) is 0 Å². The zero-order chi connectivity index (χ0) is 10.1. The van der Waals surface area contributed by atoms with Crippen molar-refractivity contribution in [1.82, 2.24) is 9.80 Å². The summed E-state index contributed by atoms with van der Waals surface area (Å²) in [7, 11) is 0. The van der Waals surface area contributed by atoms with Gasteiger partial charge in [0, 0.05) is 19.1 Å². The van der Waals surface area contributed by atoms with E-state index in [4.69, 9.17) is 5.73 Å². The summed E-state index contributed by atoms with van der Waals surface area (Å²) in [5, 5.41) is 0. The zero-order valence-electron chi connectivity index (χ0n) is 7.81. The first-order valence-electron chi connectivity index (χ1n) is 4.62. The molecule has 0 atom stereocenters. The summed E-state index contributed by atoms with van der Waals surface area (Å²) < 4.78 is 4.66. The number of rotatable bonds is 2. The number of nitrogens with two attached hydrogens (primary N) is 1. The second-order valence-corrected chi connectivity index (χ2v) is 3.61. The first kappa shape index (κ1) is 9.42. The molecule has 0 aromatic rings. The van der Waals surface area contributed by atoms with Gasteiger partial charge in [0.15, 0.2) is 0 Å². The predicted octanol–water partition coefficient (Wildman–Crippen LogP) is -1.39. The van der Waals surface area contributed by atoms with Crippen LogP contribution in [0.4, 0.5) is 4.79 Å². The van der Waals surface area contributed by atoms with Crippen molar-refractivity contribution in [3.63, 3.8) is 0 Å². The molecule has 0 saturated carbocycles. The summed E-state index contributed by atoms with van der Waals surface area (Å²) >= 11 is 0. The Morgan fingerprint density at radius 3 is 2.79 bits per heavy atom. The van der Waals surface area contributed by atoms with Crippen molar-refractivity contribution in [2.24, 2.45) is 5.73 Å². The lowest BCUT2D eigenvalue weighted by atomic mass is 10.1. The molecule has 0 aromatic heterocycles. The van der Waals surface area contributed by atoms with Crippen LogP contribution in [0.1, 0.15) is 0 Å². The third kappa shape index (κ3) is 1.71. The first-order chi connectivity index (χ1) is 6.66. The highest BCUT2D eigenvalue weighted by Gasteiger charge is 2.32. The van der Waals surface area contributed by atoms with E-state index in [0.29, 0.717) is 13.2 Å². The molecule has 2 aliphatic heterocycles. The number of likely N-dealkylation sites (tertiary alicyclic amines) is 1. The van der Waals surface area contributed by atoms with Gasteiger partial charge in [-0.25, -0.2) is 9.69 Å².